The molecule has 0 spiro atoms. The zero-order chi connectivity index (χ0) is 27.6. The van der Waals surface area contributed by atoms with Crippen LogP contribution in [0.15, 0.2) is 72.1 Å². The van der Waals surface area contributed by atoms with Crippen molar-refractivity contribution in [1.82, 2.24) is 10.3 Å². The summed E-state index contributed by atoms with van der Waals surface area (Å²) in [5.41, 5.74) is 9.94. The molecule has 1 amide bonds. The van der Waals surface area contributed by atoms with Gasteiger partial charge >= 0.3 is 0 Å². The van der Waals surface area contributed by atoms with Crippen LogP contribution in [0.1, 0.15) is 27.9 Å². The van der Waals surface area contributed by atoms with Gasteiger partial charge in [-0.05, 0) is 48.9 Å². The fraction of sp³-hybridized carbons (Fsp3) is 0.267. The third-order valence-electron chi connectivity index (χ3n) is 6.25. The summed E-state index contributed by atoms with van der Waals surface area (Å²) in [5.74, 6) is 2.04. The highest BCUT2D eigenvalue weighted by molar-refractivity contribution is 7.14. The van der Waals surface area contributed by atoms with Crippen LogP contribution in [0.5, 0.6) is 17.2 Å². The van der Waals surface area contributed by atoms with E-state index in [1.54, 1.807) is 32.7 Å². The van der Waals surface area contributed by atoms with Gasteiger partial charge in [-0.15, -0.1) is 11.3 Å². The average molecular weight is 547 g/mol. The summed E-state index contributed by atoms with van der Waals surface area (Å²) in [7, 11) is 4.94. The second kappa shape index (κ2) is 13.6. The van der Waals surface area contributed by atoms with Crippen LogP contribution in [0, 0.1) is 0 Å². The molecule has 9 heteroatoms. The molecular weight excluding hydrogens is 512 g/mol. The summed E-state index contributed by atoms with van der Waals surface area (Å²) in [6.45, 7) is 2.23. The summed E-state index contributed by atoms with van der Waals surface area (Å²) < 4.78 is 16.8. The first-order chi connectivity index (χ1) is 19.1. The van der Waals surface area contributed by atoms with Crippen molar-refractivity contribution < 1.29 is 19.0 Å². The van der Waals surface area contributed by atoms with E-state index in [0.29, 0.717) is 43.2 Å². The Morgan fingerprint density at radius 1 is 0.923 bits per heavy atom. The number of aromatic nitrogens is 1. The van der Waals surface area contributed by atoms with Crippen LogP contribution >= 0.6 is 11.3 Å². The van der Waals surface area contributed by atoms with Crippen LogP contribution in [0.3, 0.4) is 0 Å². The Bertz CT molecular complexity index is 1370. The smallest absolute Gasteiger partial charge is 0.251 e. The van der Waals surface area contributed by atoms with Gasteiger partial charge in [0, 0.05) is 41.7 Å². The molecule has 0 aliphatic heterocycles. The number of anilines is 1. The predicted molar refractivity (Wildman–Crippen MR) is 156 cm³/mol. The van der Waals surface area contributed by atoms with Gasteiger partial charge in [0.2, 0.25) is 0 Å². The number of carbonyl (C=O) groups excluding carboxylic acids is 1. The van der Waals surface area contributed by atoms with Crippen LogP contribution in [-0.4, -0.2) is 45.3 Å². The van der Waals surface area contributed by atoms with E-state index in [2.05, 4.69) is 10.2 Å². The molecule has 0 atom stereocenters. The maximum Gasteiger partial charge on any atom is 0.251 e. The summed E-state index contributed by atoms with van der Waals surface area (Å²) in [6, 6.07) is 21.4. The minimum absolute atomic E-state index is 0.102. The number of nitrogens with zero attached hydrogens (tertiary/aromatic N) is 2. The minimum atomic E-state index is -0.102. The maximum absolute atomic E-state index is 12.4. The van der Waals surface area contributed by atoms with Crippen LogP contribution in [0.25, 0.3) is 11.3 Å². The number of benzene rings is 3. The molecule has 39 heavy (non-hydrogen) atoms. The van der Waals surface area contributed by atoms with E-state index in [4.69, 9.17) is 24.9 Å². The van der Waals surface area contributed by atoms with Gasteiger partial charge in [-0.1, -0.05) is 36.4 Å². The highest BCUT2D eigenvalue weighted by Gasteiger charge is 2.19. The van der Waals surface area contributed by atoms with E-state index in [0.717, 1.165) is 39.7 Å². The Morgan fingerprint density at radius 3 is 2.38 bits per heavy atom. The SMILES string of the molecule is COc1ccccc1-c1csc(N(Cc2ccc(C(=O)NCCCN)cc2)Cc2cccc(OC)c2OC)n1. The molecule has 0 unspecified atom stereocenters. The van der Waals surface area contributed by atoms with E-state index in [-0.39, 0.29) is 5.91 Å². The quantitative estimate of drug-likeness (QED) is 0.225. The molecule has 0 saturated heterocycles. The summed E-state index contributed by atoms with van der Waals surface area (Å²) in [4.78, 5) is 19.6. The van der Waals surface area contributed by atoms with E-state index in [1.165, 1.54) is 0 Å². The molecule has 4 aromatic rings. The topological polar surface area (TPSA) is 98.9 Å². The third kappa shape index (κ3) is 6.87. The average Bonchev–Trinajstić information content (AvgIpc) is 3.47. The summed E-state index contributed by atoms with van der Waals surface area (Å²) in [5, 5.41) is 5.79. The molecule has 3 N–H and O–H groups in total. The van der Waals surface area contributed by atoms with Crippen molar-refractivity contribution in [2.24, 2.45) is 5.73 Å². The summed E-state index contributed by atoms with van der Waals surface area (Å²) in [6.07, 6.45) is 0.747. The lowest BCUT2D eigenvalue weighted by Crippen LogP contribution is -2.26. The molecular formula is C30H34N4O4S. The number of amides is 1. The van der Waals surface area contributed by atoms with Gasteiger partial charge < -0.3 is 30.2 Å². The van der Waals surface area contributed by atoms with Crippen molar-refractivity contribution >= 4 is 22.4 Å². The first-order valence-electron chi connectivity index (χ1n) is 12.7. The number of hydrogen-bond donors (Lipinski definition) is 2. The van der Waals surface area contributed by atoms with Gasteiger partial charge in [-0.25, -0.2) is 4.98 Å². The lowest BCUT2D eigenvalue weighted by Gasteiger charge is -2.24. The molecule has 1 aromatic heterocycles. The molecule has 0 aliphatic rings. The third-order valence-corrected chi connectivity index (χ3v) is 7.15. The van der Waals surface area contributed by atoms with Crippen LogP contribution in [-0.2, 0) is 13.1 Å². The zero-order valence-electron chi connectivity index (χ0n) is 22.5. The highest BCUT2D eigenvalue weighted by Crippen LogP contribution is 2.36. The Hall–Kier alpha value is -4.08. The number of carbonyl (C=O) groups is 1. The van der Waals surface area contributed by atoms with Crippen molar-refractivity contribution in [3.63, 3.8) is 0 Å². The first-order valence-corrected chi connectivity index (χ1v) is 13.6. The molecule has 3 aromatic carbocycles. The van der Waals surface area contributed by atoms with Crippen LogP contribution in [0.4, 0.5) is 5.13 Å². The van der Waals surface area contributed by atoms with Gasteiger partial charge in [0.1, 0.15) is 5.75 Å². The van der Waals surface area contributed by atoms with Crippen molar-refractivity contribution in [3.05, 3.63) is 88.8 Å². The van der Waals surface area contributed by atoms with E-state index in [9.17, 15) is 4.79 Å². The molecule has 0 bridgehead atoms. The highest BCUT2D eigenvalue weighted by atomic mass is 32.1. The molecule has 8 nitrogen and oxygen atoms in total. The number of thiazole rings is 1. The van der Waals surface area contributed by atoms with E-state index >= 15 is 0 Å². The fourth-order valence-corrected chi connectivity index (χ4v) is 5.08. The number of ether oxygens (including phenoxy) is 3. The number of para-hydroxylation sites is 2. The van der Waals surface area contributed by atoms with Gasteiger partial charge in [0.25, 0.3) is 5.91 Å². The van der Waals surface area contributed by atoms with Gasteiger partial charge in [0.05, 0.1) is 27.0 Å². The predicted octanol–water partition coefficient (Wildman–Crippen LogP) is 5.12. The Labute approximate surface area is 233 Å². The second-order valence-corrected chi connectivity index (χ2v) is 9.66. The van der Waals surface area contributed by atoms with E-state index in [1.807, 2.05) is 72.1 Å². The summed E-state index contributed by atoms with van der Waals surface area (Å²) >= 11 is 1.57. The Balaban J connectivity index is 1.63. The van der Waals surface area contributed by atoms with Crippen molar-refractivity contribution in [2.75, 3.05) is 39.3 Å². The molecule has 1 heterocycles. The minimum Gasteiger partial charge on any atom is -0.496 e. The largest absolute Gasteiger partial charge is 0.496 e. The van der Waals surface area contributed by atoms with Crippen LogP contribution in [0.2, 0.25) is 0 Å². The fourth-order valence-electron chi connectivity index (χ4n) is 4.25. The second-order valence-electron chi connectivity index (χ2n) is 8.82. The molecule has 0 aliphatic carbocycles. The van der Waals surface area contributed by atoms with Crippen molar-refractivity contribution in [2.45, 2.75) is 19.5 Å². The number of nitrogens with two attached hydrogens (primary N) is 1. The normalized spacial score (nSPS) is 10.7. The molecule has 204 valence electrons. The standard InChI is InChI=1S/C30H34N4O4S/c1-36-26-10-5-4-9-24(26)25-20-39-30(33-25)34(19-23-8-6-11-27(37-2)28(23)38-3)18-21-12-14-22(15-13-21)29(35)32-17-7-16-31/h4-6,8-15,20H,7,16-19,31H2,1-3H3,(H,32,35). The molecule has 0 fully saturated rings. The Morgan fingerprint density at radius 2 is 1.67 bits per heavy atom. The van der Waals surface area contributed by atoms with Gasteiger partial charge in [-0.3, -0.25) is 4.79 Å². The van der Waals surface area contributed by atoms with Crippen molar-refractivity contribution in [3.8, 4) is 28.5 Å². The number of rotatable bonds is 13. The molecule has 0 radical (unpaired) electrons. The van der Waals surface area contributed by atoms with Gasteiger partial charge in [-0.2, -0.15) is 0 Å². The number of nitrogens with one attached hydrogen (secondary N) is 1. The lowest BCUT2D eigenvalue weighted by atomic mass is 10.1. The van der Waals surface area contributed by atoms with Crippen molar-refractivity contribution in [1.29, 1.82) is 0 Å². The molecule has 4 rings (SSSR count). The number of methoxy groups -OCH3 is 3. The molecule has 0 saturated carbocycles. The lowest BCUT2D eigenvalue weighted by molar-refractivity contribution is 0.0953. The van der Waals surface area contributed by atoms with E-state index < -0.39 is 0 Å². The monoisotopic (exact) mass is 546 g/mol. The maximum atomic E-state index is 12.4. The Kier molecular flexibility index (Phi) is 9.77. The number of hydrogen-bond acceptors (Lipinski definition) is 8. The van der Waals surface area contributed by atoms with Gasteiger partial charge in [0.15, 0.2) is 16.6 Å². The zero-order valence-corrected chi connectivity index (χ0v) is 23.3. The van der Waals surface area contributed by atoms with Crippen LogP contribution < -0.4 is 30.2 Å². The first kappa shape index (κ1) is 27.9.